The molecular formula is C14H21NS. The van der Waals surface area contributed by atoms with Gasteiger partial charge in [-0.15, -0.1) is 11.8 Å². The second kappa shape index (κ2) is 4.70. The highest BCUT2D eigenvalue weighted by Crippen LogP contribution is 2.49. The number of thioether (sulfide) groups is 1. The van der Waals surface area contributed by atoms with Crippen LogP contribution < -0.4 is 5.32 Å². The van der Waals surface area contributed by atoms with Gasteiger partial charge in [-0.2, -0.15) is 0 Å². The summed E-state index contributed by atoms with van der Waals surface area (Å²) in [6.07, 6.45) is 2.73. The fraction of sp³-hybridized carbons (Fsp3) is 0.571. The van der Waals surface area contributed by atoms with Crippen molar-refractivity contribution in [3.05, 3.63) is 24.3 Å². The van der Waals surface area contributed by atoms with Crippen LogP contribution in [0.1, 0.15) is 33.6 Å². The zero-order valence-corrected chi connectivity index (χ0v) is 11.2. The van der Waals surface area contributed by atoms with E-state index < -0.39 is 0 Å². The summed E-state index contributed by atoms with van der Waals surface area (Å²) < 4.78 is 0. The first kappa shape index (κ1) is 11.8. The third kappa shape index (κ3) is 2.54. The molecule has 2 rings (SSSR count). The summed E-state index contributed by atoms with van der Waals surface area (Å²) >= 11 is 1.91. The molecule has 1 nitrogen and oxygen atoms in total. The fourth-order valence-corrected chi connectivity index (χ4v) is 2.67. The molecule has 0 bridgehead atoms. The Kier molecular flexibility index (Phi) is 3.48. The quantitative estimate of drug-likeness (QED) is 0.759. The summed E-state index contributed by atoms with van der Waals surface area (Å²) in [6, 6.07) is 9.21. The lowest BCUT2D eigenvalue weighted by Gasteiger charge is -2.23. The maximum atomic E-state index is 3.68. The van der Waals surface area contributed by atoms with Crippen molar-refractivity contribution >= 4 is 17.4 Å². The molecule has 0 saturated heterocycles. The molecular weight excluding hydrogens is 214 g/mol. The maximum absolute atomic E-state index is 3.68. The smallest absolute Gasteiger partial charge is 0.0480 e. The van der Waals surface area contributed by atoms with Crippen LogP contribution in [0.2, 0.25) is 0 Å². The number of rotatable bonds is 5. The lowest BCUT2D eigenvalue weighted by molar-refractivity contribution is 0.492. The molecule has 0 aromatic heterocycles. The SMILES string of the molecule is CCSc1ccccc1NC(C)C1(C)CC1. The van der Waals surface area contributed by atoms with Gasteiger partial charge in [0.15, 0.2) is 0 Å². The van der Waals surface area contributed by atoms with Gasteiger partial charge < -0.3 is 5.32 Å². The van der Waals surface area contributed by atoms with E-state index in [0.29, 0.717) is 11.5 Å². The molecule has 1 aliphatic carbocycles. The minimum absolute atomic E-state index is 0.532. The molecule has 0 amide bonds. The van der Waals surface area contributed by atoms with Gasteiger partial charge in [-0.25, -0.2) is 0 Å². The van der Waals surface area contributed by atoms with Crippen molar-refractivity contribution in [2.45, 2.75) is 44.6 Å². The molecule has 1 fully saturated rings. The first-order valence-corrected chi connectivity index (χ1v) is 7.12. The summed E-state index contributed by atoms with van der Waals surface area (Å²) in [5.41, 5.74) is 1.83. The Morgan fingerprint density at radius 3 is 2.69 bits per heavy atom. The van der Waals surface area contributed by atoms with E-state index in [9.17, 15) is 0 Å². The van der Waals surface area contributed by atoms with Crippen molar-refractivity contribution < 1.29 is 0 Å². The van der Waals surface area contributed by atoms with Gasteiger partial charge in [-0.05, 0) is 43.1 Å². The third-order valence-corrected chi connectivity index (χ3v) is 4.60. The molecule has 1 aliphatic rings. The van der Waals surface area contributed by atoms with E-state index in [0.717, 1.165) is 5.75 Å². The van der Waals surface area contributed by atoms with Crippen LogP contribution in [0.3, 0.4) is 0 Å². The number of hydrogen-bond acceptors (Lipinski definition) is 2. The van der Waals surface area contributed by atoms with Crippen LogP contribution in [0, 0.1) is 5.41 Å². The van der Waals surface area contributed by atoms with Gasteiger partial charge in [0.05, 0.1) is 0 Å². The van der Waals surface area contributed by atoms with E-state index >= 15 is 0 Å². The molecule has 0 radical (unpaired) electrons. The number of benzene rings is 1. The highest BCUT2D eigenvalue weighted by Gasteiger charge is 2.42. The van der Waals surface area contributed by atoms with Gasteiger partial charge in [0.2, 0.25) is 0 Å². The third-order valence-electron chi connectivity index (χ3n) is 3.64. The van der Waals surface area contributed by atoms with Crippen molar-refractivity contribution in [3.63, 3.8) is 0 Å². The number of hydrogen-bond donors (Lipinski definition) is 1. The lowest BCUT2D eigenvalue weighted by atomic mass is 10.0. The van der Waals surface area contributed by atoms with Gasteiger partial charge in [0.25, 0.3) is 0 Å². The molecule has 1 aromatic carbocycles. The Labute approximate surface area is 103 Å². The second-order valence-electron chi connectivity index (χ2n) is 4.95. The van der Waals surface area contributed by atoms with Gasteiger partial charge in [0, 0.05) is 16.6 Å². The van der Waals surface area contributed by atoms with Crippen LogP contribution in [0.15, 0.2) is 29.2 Å². The van der Waals surface area contributed by atoms with Crippen LogP contribution in [-0.4, -0.2) is 11.8 Å². The number of anilines is 1. The summed E-state index contributed by atoms with van der Waals surface area (Å²) in [4.78, 5) is 1.38. The molecule has 0 heterocycles. The molecule has 1 atom stereocenters. The average molecular weight is 235 g/mol. The van der Waals surface area contributed by atoms with Gasteiger partial charge >= 0.3 is 0 Å². The Bertz CT molecular complexity index is 358. The summed E-state index contributed by atoms with van der Waals surface area (Å²) in [5.74, 6) is 1.13. The van der Waals surface area contributed by atoms with E-state index in [4.69, 9.17) is 0 Å². The molecule has 0 aliphatic heterocycles. The number of nitrogens with one attached hydrogen (secondary N) is 1. The van der Waals surface area contributed by atoms with Crippen LogP contribution in [0.5, 0.6) is 0 Å². The van der Waals surface area contributed by atoms with E-state index in [-0.39, 0.29) is 0 Å². The molecule has 1 aromatic rings. The zero-order chi connectivity index (χ0) is 11.6. The van der Waals surface area contributed by atoms with E-state index in [1.54, 1.807) is 0 Å². The van der Waals surface area contributed by atoms with Crippen LogP contribution >= 0.6 is 11.8 Å². The molecule has 1 unspecified atom stereocenters. The van der Waals surface area contributed by atoms with Crippen LogP contribution in [0.4, 0.5) is 5.69 Å². The van der Waals surface area contributed by atoms with Gasteiger partial charge in [0.1, 0.15) is 0 Å². The van der Waals surface area contributed by atoms with E-state index in [2.05, 4.69) is 50.4 Å². The molecule has 16 heavy (non-hydrogen) atoms. The molecule has 88 valence electrons. The predicted octanol–water partition coefficient (Wildman–Crippen LogP) is 4.40. The molecule has 1 saturated carbocycles. The van der Waals surface area contributed by atoms with Crippen LogP contribution in [0.25, 0.3) is 0 Å². The minimum Gasteiger partial charge on any atom is -0.381 e. The predicted molar refractivity (Wildman–Crippen MR) is 73.3 cm³/mol. The lowest BCUT2D eigenvalue weighted by Crippen LogP contribution is -2.25. The monoisotopic (exact) mass is 235 g/mol. The van der Waals surface area contributed by atoms with Crippen LogP contribution in [-0.2, 0) is 0 Å². The first-order chi connectivity index (χ1) is 7.65. The minimum atomic E-state index is 0.532. The van der Waals surface area contributed by atoms with Crippen molar-refractivity contribution in [1.29, 1.82) is 0 Å². The summed E-state index contributed by atoms with van der Waals surface area (Å²) in [7, 11) is 0. The summed E-state index contributed by atoms with van der Waals surface area (Å²) in [6.45, 7) is 6.88. The topological polar surface area (TPSA) is 12.0 Å². The Balaban J connectivity index is 2.08. The second-order valence-corrected chi connectivity index (χ2v) is 6.26. The molecule has 2 heteroatoms. The maximum Gasteiger partial charge on any atom is 0.0480 e. The van der Waals surface area contributed by atoms with Crippen molar-refractivity contribution in [2.24, 2.45) is 5.41 Å². The first-order valence-electron chi connectivity index (χ1n) is 6.14. The normalized spacial score (nSPS) is 19.2. The zero-order valence-electron chi connectivity index (χ0n) is 10.4. The Hall–Kier alpha value is -0.630. The van der Waals surface area contributed by atoms with E-state index in [1.807, 2.05) is 11.8 Å². The van der Waals surface area contributed by atoms with E-state index in [1.165, 1.54) is 23.4 Å². The highest BCUT2D eigenvalue weighted by atomic mass is 32.2. The van der Waals surface area contributed by atoms with Crippen molar-refractivity contribution in [2.75, 3.05) is 11.1 Å². The van der Waals surface area contributed by atoms with Gasteiger partial charge in [-0.3, -0.25) is 0 Å². The molecule has 1 N–H and O–H groups in total. The highest BCUT2D eigenvalue weighted by molar-refractivity contribution is 7.99. The average Bonchev–Trinajstić information content (AvgIpc) is 3.01. The molecule has 0 spiro atoms. The fourth-order valence-electron chi connectivity index (χ4n) is 1.90. The largest absolute Gasteiger partial charge is 0.381 e. The number of para-hydroxylation sites is 1. The van der Waals surface area contributed by atoms with Crippen molar-refractivity contribution in [1.82, 2.24) is 0 Å². The standard InChI is InChI=1S/C14H21NS/c1-4-16-13-8-6-5-7-12(13)15-11(2)14(3)9-10-14/h5-8,11,15H,4,9-10H2,1-3H3. The van der Waals surface area contributed by atoms with Gasteiger partial charge in [-0.1, -0.05) is 26.0 Å². The van der Waals surface area contributed by atoms with Crippen molar-refractivity contribution in [3.8, 4) is 0 Å². The summed E-state index contributed by atoms with van der Waals surface area (Å²) in [5, 5.41) is 3.68. The Morgan fingerprint density at radius 1 is 1.38 bits per heavy atom. The Morgan fingerprint density at radius 2 is 2.06 bits per heavy atom.